The predicted molar refractivity (Wildman–Crippen MR) is 169 cm³/mol. The highest BCUT2D eigenvalue weighted by Crippen LogP contribution is 2.28. The van der Waals surface area contributed by atoms with Crippen LogP contribution in [0.15, 0.2) is 84.9 Å². The van der Waals surface area contributed by atoms with Crippen LogP contribution in [0.2, 0.25) is 5.02 Å². The van der Waals surface area contributed by atoms with E-state index in [2.05, 4.69) is 16.9 Å². The molecule has 0 unspecified atom stereocenters. The number of carbonyl (C=O) groups is 2. The number of likely N-dealkylation sites (tertiary alicyclic amines) is 1. The van der Waals surface area contributed by atoms with Crippen LogP contribution in [0, 0.1) is 0 Å². The summed E-state index contributed by atoms with van der Waals surface area (Å²) in [5.41, 5.74) is 3.08. The molecule has 0 aliphatic carbocycles. The van der Waals surface area contributed by atoms with Crippen molar-refractivity contribution in [2.75, 3.05) is 12.3 Å². The number of halogens is 1. The molecule has 1 fully saturated rings. The summed E-state index contributed by atoms with van der Waals surface area (Å²) in [4.78, 5) is 27.9. The minimum Gasteiger partial charge on any atom is -0.445 e. The van der Waals surface area contributed by atoms with Crippen LogP contribution in [0.5, 0.6) is 0 Å². The van der Waals surface area contributed by atoms with Crippen LogP contribution in [-0.4, -0.2) is 48.2 Å². The first-order valence-electron chi connectivity index (χ1n) is 14.6. The molecule has 5 rings (SSSR count). The third kappa shape index (κ3) is 7.97. The second-order valence-corrected chi connectivity index (χ2v) is 13.1. The summed E-state index contributed by atoms with van der Waals surface area (Å²) < 4.78 is 35.9. The van der Waals surface area contributed by atoms with Gasteiger partial charge in [-0.05, 0) is 67.9 Å². The number of aromatic nitrogens is 1. The number of hydrogen-bond acceptors (Lipinski definition) is 5. The Hall–Kier alpha value is -3.82. The molecule has 1 saturated heterocycles. The highest BCUT2D eigenvalue weighted by molar-refractivity contribution is 7.90. The molecule has 226 valence electrons. The molecule has 2 heterocycles. The first-order valence-corrected chi connectivity index (χ1v) is 16.7. The van der Waals surface area contributed by atoms with E-state index in [9.17, 15) is 18.0 Å². The summed E-state index contributed by atoms with van der Waals surface area (Å²) in [5.74, 6) is -0.990. The summed E-state index contributed by atoms with van der Waals surface area (Å²) in [6, 6.07) is 26.3. The average Bonchev–Trinajstić information content (AvgIpc) is 3.40. The van der Waals surface area contributed by atoms with Crippen molar-refractivity contribution >= 4 is 44.5 Å². The van der Waals surface area contributed by atoms with Gasteiger partial charge in [-0.1, -0.05) is 78.3 Å². The fraction of sp³-hybridized carbons (Fsp3) is 0.333. The number of hydrogen-bond donors (Lipinski definition) is 1. The topological polar surface area (TPSA) is 97.7 Å². The Balaban J connectivity index is 1.23. The zero-order valence-corrected chi connectivity index (χ0v) is 25.5. The minimum atomic E-state index is -3.99. The van der Waals surface area contributed by atoms with Crippen molar-refractivity contribution in [3.05, 3.63) is 107 Å². The monoisotopic (exact) mass is 621 g/mol. The van der Waals surface area contributed by atoms with Crippen molar-refractivity contribution in [1.29, 1.82) is 0 Å². The molecule has 3 aromatic carbocycles. The van der Waals surface area contributed by atoms with Crippen molar-refractivity contribution in [2.24, 2.45) is 0 Å². The fourth-order valence-electron chi connectivity index (χ4n) is 5.64. The third-order valence-corrected chi connectivity index (χ3v) is 9.45. The van der Waals surface area contributed by atoms with Crippen LogP contribution in [-0.2, 0) is 34.3 Å². The molecule has 1 N–H and O–H groups in total. The van der Waals surface area contributed by atoms with Crippen LogP contribution in [0.25, 0.3) is 10.9 Å². The normalized spacial score (nSPS) is 15.4. The molecule has 43 heavy (non-hydrogen) atoms. The molecule has 8 nitrogen and oxygen atoms in total. The van der Waals surface area contributed by atoms with Crippen LogP contribution in [0.4, 0.5) is 4.79 Å². The molecule has 1 aliphatic heterocycles. The first kappa shape index (κ1) is 30.6. The summed E-state index contributed by atoms with van der Waals surface area (Å²) in [6.07, 6.45) is 3.72. The zero-order chi connectivity index (χ0) is 30.2. The number of ether oxygens (including phenoxy) is 1. The minimum absolute atomic E-state index is 0.153. The van der Waals surface area contributed by atoms with E-state index >= 15 is 0 Å². The highest BCUT2D eigenvalue weighted by Gasteiger charge is 2.30. The maximum absolute atomic E-state index is 13.4. The van der Waals surface area contributed by atoms with E-state index in [1.807, 2.05) is 65.2 Å². The maximum atomic E-state index is 13.4. The molecule has 0 bridgehead atoms. The Bertz CT molecular complexity index is 1660. The van der Waals surface area contributed by atoms with Crippen LogP contribution in [0.1, 0.15) is 53.7 Å². The van der Waals surface area contributed by atoms with Gasteiger partial charge >= 0.3 is 6.09 Å². The summed E-state index contributed by atoms with van der Waals surface area (Å²) in [6.45, 7) is 1.18. The lowest BCUT2D eigenvalue weighted by atomic mass is 10.0. The second-order valence-electron chi connectivity index (χ2n) is 10.9. The number of amides is 2. The lowest BCUT2D eigenvalue weighted by Gasteiger charge is -2.34. The van der Waals surface area contributed by atoms with Gasteiger partial charge < -0.3 is 14.2 Å². The number of nitrogens with zero attached hydrogens (tertiary/aromatic N) is 2. The molecule has 2 amide bonds. The lowest BCUT2D eigenvalue weighted by Crippen LogP contribution is -2.45. The smallest absolute Gasteiger partial charge is 0.410 e. The summed E-state index contributed by atoms with van der Waals surface area (Å²) in [5, 5.41) is 1.19. The van der Waals surface area contributed by atoms with Crippen molar-refractivity contribution in [3.8, 4) is 0 Å². The largest absolute Gasteiger partial charge is 0.445 e. The Morgan fingerprint density at radius 3 is 2.40 bits per heavy atom. The van der Waals surface area contributed by atoms with Gasteiger partial charge in [0.1, 0.15) is 12.3 Å². The molecule has 0 spiro atoms. The zero-order valence-electron chi connectivity index (χ0n) is 24.0. The quantitative estimate of drug-likeness (QED) is 0.204. The number of piperidine rings is 1. The average molecular weight is 622 g/mol. The van der Waals surface area contributed by atoms with Gasteiger partial charge in [-0.3, -0.25) is 4.79 Å². The van der Waals surface area contributed by atoms with E-state index in [-0.39, 0.29) is 30.5 Å². The predicted octanol–water partition coefficient (Wildman–Crippen LogP) is 6.57. The number of nitrogens with one attached hydrogen (secondary N) is 1. The standard InChI is InChI=1S/C33H36ClN3O5S/c34-29-17-9-18-30-28(29)23-31(37(30)21-10-15-25-11-3-1-4-12-25)32(38)35-43(40,41)22-19-27-16-7-8-20-36(27)33(39)42-24-26-13-5-2-6-14-26/h1-6,9,11-14,17-18,23,27H,7-8,10,15-16,19-22,24H2,(H,35,38)/t27-/m1/s1. The number of aryl methyl sites for hydroxylation is 2. The summed E-state index contributed by atoms with van der Waals surface area (Å²) in [7, 11) is -3.99. The lowest BCUT2D eigenvalue weighted by molar-refractivity contribution is 0.0672. The van der Waals surface area contributed by atoms with E-state index in [0.29, 0.717) is 29.9 Å². The van der Waals surface area contributed by atoms with Gasteiger partial charge in [0.15, 0.2) is 0 Å². The van der Waals surface area contributed by atoms with Gasteiger partial charge in [0, 0.05) is 29.5 Å². The Labute approximate surface area is 257 Å². The maximum Gasteiger partial charge on any atom is 0.410 e. The molecule has 0 saturated carbocycles. The van der Waals surface area contributed by atoms with Gasteiger partial charge in [-0.25, -0.2) is 17.9 Å². The molecular formula is C33H36ClN3O5S. The van der Waals surface area contributed by atoms with Crippen molar-refractivity contribution in [1.82, 2.24) is 14.2 Å². The molecule has 1 aliphatic rings. The SMILES string of the molecule is O=C(NS(=O)(=O)CC[C@H]1CCCCN1C(=O)OCc1ccccc1)c1cc2c(Cl)cccc2n1CCCc1ccccc1. The Morgan fingerprint density at radius 2 is 1.65 bits per heavy atom. The van der Waals surface area contributed by atoms with E-state index in [1.165, 1.54) is 5.56 Å². The van der Waals surface area contributed by atoms with E-state index < -0.39 is 22.0 Å². The van der Waals surface area contributed by atoms with Crippen molar-refractivity contribution in [2.45, 2.75) is 57.7 Å². The molecule has 0 radical (unpaired) electrons. The first-order chi connectivity index (χ1) is 20.8. The van der Waals surface area contributed by atoms with Gasteiger partial charge in [-0.2, -0.15) is 0 Å². The molecule has 10 heteroatoms. The number of benzene rings is 3. The molecule has 4 aromatic rings. The summed E-state index contributed by atoms with van der Waals surface area (Å²) >= 11 is 6.44. The fourth-order valence-corrected chi connectivity index (χ4v) is 6.94. The number of fused-ring (bicyclic) bond motifs is 1. The second kappa shape index (κ2) is 14.1. The van der Waals surface area contributed by atoms with Crippen LogP contribution in [0.3, 0.4) is 0 Å². The number of carbonyl (C=O) groups excluding carboxylic acids is 2. The van der Waals surface area contributed by atoms with E-state index in [4.69, 9.17) is 16.3 Å². The van der Waals surface area contributed by atoms with Gasteiger partial charge in [0.2, 0.25) is 10.0 Å². The van der Waals surface area contributed by atoms with Crippen LogP contribution < -0.4 is 4.72 Å². The number of sulfonamides is 1. The molecule has 1 aromatic heterocycles. The van der Waals surface area contributed by atoms with Gasteiger partial charge in [0.05, 0.1) is 11.3 Å². The number of rotatable bonds is 11. The Kier molecular flexibility index (Phi) is 10.0. The highest BCUT2D eigenvalue weighted by atomic mass is 35.5. The van der Waals surface area contributed by atoms with E-state index in [1.54, 1.807) is 17.0 Å². The van der Waals surface area contributed by atoms with Gasteiger partial charge in [-0.15, -0.1) is 0 Å². The van der Waals surface area contributed by atoms with Gasteiger partial charge in [0.25, 0.3) is 5.91 Å². The molecule has 1 atom stereocenters. The third-order valence-electron chi connectivity index (χ3n) is 7.85. The molecular weight excluding hydrogens is 586 g/mol. The van der Waals surface area contributed by atoms with Crippen molar-refractivity contribution < 1.29 is 22.7 Å². The Morgan fingerprint density at radius 1 is 0.930 bits per heavy atom. The van der Waals surface area contributed by atoms with Crippen LogP contribution >= 0.6 is 11.6 Å². The van der Waals surface area contributed by atoms with E-state index in [0.717, 1.165) is 36.8 Å². The van der Waals surface area contributed by atoms with Crippen molar-refractivity contribution in [3.63, 3.8) is 0 Å².